The number of carboxylic acids is 1. The number of benzene rings is 1. The molecule has 0 aromatic heterocycles. The quantitative estimate of drug-likeness (QED) is 0.616. The van der Waals surface area contributed by atoms with Gasteiger partial charge in [-0.3, -0.25) is 14.9 Å². The van der Waals surface area contributed by atoms with Crippen LogP contribution in [0, 0.1) is 10.1 Å². The van der Waals surface area contributed by atoms with Gasteiger partial charge < -0.3 is 15.2 Å². The van der Waals surface area contributed by atoms with Gasteiger partial charge in [0, 0.05) is 6.07 Å². The summed E-state index contributed by atoms with van der Waals surface area (Å²) in [6, 6.07) is 5.84. The van der Waals surface area contributed by atoms with E-state index >= 15 is 0 Å². The van der Waals surface area contributed by atoms with Crippen LogP contribution in [0.15, 0.2) is 24.3 Å². The lowest BCUT2D eigenvalue weighted by Crippen LogP contribution is -2.30. The van der Waals surface area contributed by atoms with Crippen molar-refractivity contribution >= 4 is 17.7 Å². The van der Waals surface area contributed by atoms with E-state index in [1.165, 1.54) is 25.1 Å². The number of hydrogen-bond donors (Lipinski definition) is 2. The molecule has 0 aliphatic rings. The predicted octanol–water partition coefficient (Wildman–Crippen LogP) is 1.47. The molecule has 8 nitrogen and oxygen atoms in total. The molecule has 2 N–H and O–H groups in total. The average Bonchev–Trinajstić information content (AvgIpc) is 2.36. The van der Waals surface area contributed by atoms with Gasteiger partial charge in [0.25, 0.3) is 5.69 Å². The van der Waals surface area contributed by atoms with Crippen LogP contribution < -0.4 is 5.32 Å². The number of carbonyl (C=O) groups excluding carboxylic acids is 1. The zero-order valence-electron chi connectivity index (χ0n) is 10.0. The van der Waals surface area contributed by atoms with E-state index in [4.69, 9.17) is 9.84 Å². The summed E-state index contributed by atoms with van der Waals surface area (Å²) >= 11 is 0. The second kappa shape index (κ2) is 6.34. The van der Waals surface area contributed by atoms with Crippen LogP contribution in [0.2, 0.25) is 0 Å². The van der Waals surface area contributed by atoms with E-state index in [9.17, 15) is 19.7 Å². The van der Waals surface area contributed by atoms with Crippen molar-refractivity contribution in [1.82, 2.24) is 5.32 Å². The highest BCUT2D eigenvalue weighted by atomic mass is 16.6. The van der Waals surface area contributed by atoms with Gasteiger partial charge in [0.15, 0.2) is 0 Å². The van der Waals surface area contributed by atoms with E-state index < -0.39 is 29.6 Å². The molecule has 0 aliphatic heterocycles. The molecule has 1 rings (SSSR count). The molecule has 1 unspecified atom stereocenters. The Morgan fingerprint density at radius 2 is 2.11 bits per heavy atom. The third-order valence-corrected chi connectivity index (χ3v) is 2.24. The number of nitro benzene ring substituents is 1. The topological polar surface area (TPSA) is 119 Å². The van der Waals surface area contributed by atoms with Gasteiger partial charge in [0.1, 0.15) is 12.6 Å². The van der Waals surface area contributed by atoms with Crippen LogP contribution in [0.25, 0.3) is 0 Å². The molecular weight excluding hydrogens is 256 g/mol. The van der Waals surface area contributed by atoms with Gasteiger partial charge in [0.2, 0.25) is 0 Å². The van der Waals surface area contributed by atoms with Gasteiger partial charge in [-0.25, -0.2) is 4.79 Å². The molecule has 0 saturated heterocycles. The first-order valence-corrected chi connectivity index (χ1v) is 5.31. The number of nitro groups is 1. The van der Waals surface area contributed by atoms with Gasteiger partial charge >= 0.3 is 12.1 Å². The number of amides is 1. The standard InChI is InChI=1S/C11H12N2O6/c1-7(19-11(16)12-6-10(14)15)8-4-2-3-5-9(8)13(17)18/h2-5,7H,6H2,1H3,(H,12,16)(H,14,15). The van der Waals surface area contributed by atoms with Crippen LogP contribution in [0.4, 0.5) is 10.5 Å². The Bertz CT molecular complexity index is 502. The zero-order chi connectivity index (χ0) is 14.4. The number of aliphatic carboxylic acids is 1. The van der Waals surface area contributed by atoms with Gasteiger partial charge in [-0.15, -0.1) is 0 Å². The summed E-state index contributed by atoms with van der Waals surface area (Å²) in [6.45, 7) is 0.880. The lowest BCUT2D eigenvalue weighted by Gasteiger charge is -2.13. The Balaban J connectivity index is 2.73. The number of carboxylic acid groups (broad SMARTS) is 1. The van der Waals surface area contributed by atoms with Gasteiger partial charge in [-0.1, -0.05) is 12.1 Å². The number of ether oxygens (including phenoxy) is 1. The minimum Gasteiger partial charge on any atom is -0.480 e. The van der Waals surface area contributed by atoms with Crippen molar-refractivity contribution in [2.24, 2.45) is 0 Å². The molecule has 0 saturated carbocycles. The molecule has 102 valence electrons. The first-order chi connectivity index (χ1) is 8.91. The number of rotatable bonds is 5. The highest BCUT2D eigenvalue weighted by Crippen LogP contribution is 2.26. The van der Waals surface area contributed by atoms with Gasteiger partial charge in [0.05, 0.1) is 10.5 Å². The molecule has 0 fully saturated rings. The minimum absolute atomic E-state index is 0.166. The Hall–Kier alpha value is -2.64. The van der Waals surface area contributed by atoms with Crippen molar-refractivity contribution in [1.29, 1.82) is 0 Å². The van der Waals surface area contributed by atoms with Crippen molar-refractivity contribution in [3.05, 3.63) is 39.9 Å². The number of hydrogen-bond acceptors (Lipinski definition) is 5. The van der Waals surface area contributed by atoms with Crippen molar-refractivity contribution in [3.8, 4) is 0 Å². The van der Waals surface area contributed by atoms with Crippen LogP contribution in [0.5, 0.6) is 0 Å². The molecule has 1 atom stereocenters. The Morgan fingerprint density at radius 1 is 1.47 bits per heavy atom. The van der Waals surface area contributed by atoms with Crippen LogP contribution >= 0.6 is 0 Å². The second-order valence-corrected chi connectivity index (χ2v) is 3.61. The highest BCUT2D eigenvalue weighted by molar-refractivity contribution is 5.76. The summed E-state index contributed by atoms with van der Waals surface area (Å²) in [4.78, 5) is 31.7. The van der Waals surface area contributed by atoms with Crippen molar-refractivity contribution in [3.63, 3.8) is 0 Å². The van der Waals surface area contributed by atoms with Crippen LogP contribution in [0.1, 0.15) is 18.6 Å². The van der Waals surface area contributed by atoms with Crippen molar-refractivity contribution in [2.75, 3.05) is 6.54 Å². The number of alkyl carbamates (subject to hydrolysis) is 1. The summed E-state index contributed by atoms with van der Waals surface area (Å²) in [7, 11) is 0. The largest absolute Gasteiger partial charge is 0.480 e. The third kappa shape index (κ3) is 4.26. The van der Waals surface area contributed by atoms with E-state index in [0.717, 1.165) is 0 Å². The molecule has 8 heteroatoms. The molecule has 1 aromatic carbocycles. The fourth-order valence-corrected chi connectivity index (χ4v) is 1.41. The maximum Gasteiger partial charge on any atom is 0.408 e. The molecule has 1 amide bonds. The highest BCUT2D eigenvalue weighted by Gasteiger charge is 2.21. The summed E-state index contributed by atoms with van der Waals surface area (Å²) in [5, 5.41) is 21.2. The smallest absolute Gasteiger partial charge is 0.408 e. The van der Waals surface area contributed by atoms with Crippen LogP contribution in [-0.4, -0.2) is 28.6 Å². The summed E-state index contributed by atoms with van der Waals surface area (Å²) in [5.74, 6) is -1.21. The fraction of sp³-hybridized carbons (Fsp3) is 0.273. The number of para-hydroxylation sites is 1. The zero-order valence-corrected chi connectivity index (χ0v) is 10.0. The van der Waals surface area contributed by atoms with E-state index in [2.05, 4.69) is 0 Å². The molecule has 0 spiro atoms. The number of nitrogens with one attached hydrogen (secondary N) is 1. The maximum absolute atomic E-state index is 11.2. The van der Waals surface area contributed by atoms with Gasteiger partial charge in [-0.05, 0) is 13.0 Å². The Morgan fingerprint density at radius 3 is 2.68 bits per heavy atom. The first kappa shape index (κ1) is 14.4. The fourth-order valence-electron chi connectivity index (χ4n) is 1.41. The lowest BCUT2D eigenvalue weighted by molar-refractivity contribution is -0.386. The molecular formula is C11H12N2O6. The SMILES string of the molecule is CC(OC(=O)NCC(=O)O)c1ccccc1[N+](=O)[O-]. The Kier molecular flexibility index (Phi) is 4.81. The summed E-state index contributed by atoms with van der Waals surface area (Å²) < 4.78 is 4.86. The number of nitrogens with zero attached hydrogens (tertiary/aromatic N) is 1. The van der Waals surface area contributed by atoms with E-state index in [1.807, 2.05) is 5.32 Å². The monoisotopic (exact) mass is 268 g/mol. The summed E-state index contributed by atoms with van der Waals surface area (Å²) in [5.41, 5.74) is 0.0685. The molecule has 0 heterocycles. The Labute approximate surface area is 108 Å². The number of carbonyl (C=O) groups is 2. The van der Waals surface area contributed by atoms with Crippen molar-refractivity contribution in [2.45, 2.75) is 13.0 Å². The van der Waals surface area contributed by atoms with E-state index in [0.29, 0.717) is 0 Å². The third-order valence-electron chi connectivity index (χ3n) is 2.24. The lowest BCUT2D eigenvalue weighted by atomic mass is 10.1. The van der Waals surface area contributed by atoms with E-state index in [1.54, 1.807) is 6.07 Å². The van der Waals surface area contributed by atoms with Gasteiger partial charge in [-0.2, -0.15) is 0 Å². The molecule has 0 radical (unpaired) electrons. The molecule has 19 heavy (non-hydrogen) atoms. The molecule has 1 aromatic rings. The minimum atomic E-state index is -1.21. The normalized spacial score (nSPS) is 11.4. The average molecular weight is 268 g/mol. The van der Waals surface area contributed by atoms with Crippen LogP contribution in [-0.2, 0) is 9.53 Å². The predicted molar refractivity (Wildman–Crippen MR) is 63.6 cm³/mol. The van der Waals surface area contributed by atoms with E-state index in [-0.39, 0.29) is 11.3 Å². The molecule has 0 bridgehead atoms. The first-order valence-electron chi connectivity index (χ1n) is 5.31. The molecule has 0 aliphatic carbocycles. The van der Waals surface area contributed by atoms with Crippen molar-refractivity contribution < 1.29 is 24.4 Å². The van der Waals surface area contributed by atoms with Crippen LogP contribution in [0.3, 0.4) is 0 Å². The summed E-state index contributed by atoms with van der Waals surface area (Å²) in [6.07, 6.45) is -1.82. The maximum atomic E-state index is 11.2. The second-order valence-electron chi connectivity index (χ2n) is 3.61.